The second kappa shape index (κ2) is 6.32. The van der Waals surface area contributed by atoms with Crippen molar-refractivity contribution in [1.29, 1.82) is 0 Å². The Morgan fingerprint density at radius 1 is 1.00 bits per heavy atom. The van der Waals surface area contributed by atoms with Crippen molar-refractivity contribution in [2.75, 3.05) is 0 Å². The molecule has 0 heterocycles. The summed E-state index contributed by atoms with van der Waals surface area (Å²) in [5, 5.41) is 19.5. The molecule has 0 aromatic heterocycles. The van der Waals surface area contributed by atoms with Crippen molar-refractivity contribution in [2.45, 2.75) is 39.0 Å². The van der Waals surface area contributed by atoms with Crippen LogP contribution in [0.4, 0.5) is 0 Å². The number of phenolic OH excluding ortho intramolecular Hbond substituents is 2. The molecule has 122 valence electrons. The second-order valence-electron chi connectivity index (χ2n) is 6.30. The molecule has 0 aliphatic carbocycles. The summed E-state index contributed by atoms with van der Waals surface area (Å²) in [6.07, 6.45) is 0.813. The number of hydrogen-bond donors (Lipinski definition) is 3. The Balaban J connectivity index is 2.56. The zero-order valence-electron chi connectivity index (χ0n) is 13.8. The van der Waals surface area contributed by atoms with Gasteiger partial charge in [-0.25, -0.2) is 0 Å². The summed E-state index contributed by atoms with van der Waals surface area (Å²) in [6.45, 7) is 5.73. The van der Waals surface area contributed by atoms with E-state index in [1.54, 1.807) is 12.1 Å². The van der Waals surface area contributed by atoms with Gasteiger partial charge in [0.1, 0.15) is 11.5 Å². The highest BCUT2D eigenvalue weighted by molar-refractivity contribution is 5.74. The number of hydrogen-bond acceptors (Lipinski definition) is 3. The van der Waals surface area contributed by atoms with Crippen LogP contribution >= 0.6 is 0 Å². The molecule has 0 aliphatic rings. The van der Waals surface area contributed by atoms with Crippen LogP contribution in [0, 0.1) is 13.8 Å². The number of carbonyl (C=O) groups is 1. The van der Waals surface area contributed by atoms with Crippen molar-refractivity contribution in [3.8, 4) is 11.5 Å². The lowest BCUT2D eigenvalue weighted by Crippen LogP contribution is -2.26. The predicted molar refractivity (Wildman–Crippen MR) is 90.6 cm³/mol. The molecule has 0 atom stereocenters. The Labute approximate surface area is 136 Å². The minimum atomic E-state index is -0.439. The summed E-state index contributed by atoms with van der Waals surface area (Å²) >= 11 is 0. The van der Waals surface area contributed by atoms with E-state index in [2.05, 4.69) is 0 Å². The summed E-state index contributed by atoms with van der Waals surface area (Å²) in [5.74, 6) is 0.142. The van der Waals surface area contributed by atoms with E-state index in [0.29, 0.717) is 6.42 Å². The Bertz CT molecular complexity index is 686. The van der Waals surface area contributed by atoms with Gasteiger partial charge in [0, 0.05) is 11.8 Å². The summed E-state index contributed by atoms with van der Waals surface area (Å²) in [6, 6.07) is 10.9. The van der Waals surface area contributed by atoms with Gasteiger partial charge in [-0.15, -0.1) is 0 Å². The van der Waals surface area contributed by atoms with E-state index in [4.69, 9.17) is 5.73 Å². The van der Waals surface area contributed by atoms with E-state index in [1.165, 1.54) is 0 Å². The number of amides is 1. The van der Waals surface area contributed by atoms with Crippen LogP contribution in [0.2, 0.25) is 0 Å². The average molecular weight is 313 g/mol. The highest BCUT2D eigenvalue weighted by Gasteiger charge is 2.30. The van der Waals surface area contributed by atoms with Gasteiger partial charge in [0.25, 0.3) is 0 Å². The summed E-state index contributed by atoms with van der Waals surface area (Å²) < 4.78 is 0. The van der Waals surface area contributed by atoms with Crippen LogP contribution in [-0.4, -0.2) is 16.1 Å². The molecule has 0 bridgehead atoms. The third-order valence-electron chi connectivity index (χ3n) is 4.54. The largest absolute Gasteiger partial charge is 0.508 e. The van der Waals surface area contributed by atoms with Crippen LogP contribution in [-0.2, 0) is 10.2 Å². The first kappa shape index (κ1) is 16.9. The topological polar surface area (TPSA) is 83.6 Å². The van der Waals surface area contributed by atoms with E-state index >= 15 is 0 Å². The molecule has 0 aliphatic heterocycles. The Kier molecular flexibility index (Phi) is 4.64. The normalized spacial score (nSPS) is 11.4. The molecule has 0 saturated heterocycles. The minimum absolute atomic E-state index is 0.243. The standard InChI is InChI=1S/C19H23NO3/c1-12-10-14(4-6-16(12)21)19(3,9-8-18(20)23)15-5-7-17(22)13(2)11-15/h4-7,10-11,21-22H,8-9H2,1-3H3,(H2,20,23). The molecule has 1 amide bonds. The zero-order valence-corrected chi connectivity index (χ0v) is 13.8. The van der Waals surface area contributed by atoms with E-state index in [-0.39, 0.29) is 23.8 Å². The van der Waals surface area contributed by atoms with Gasteiger partial charge < -0.3 is 15.9 Å². The van der Waals surface area contributed by atoms with Gasteiger partial charge in [0.05, 0.1) is 0 Å². The fraction of sp³-hybridized carbons (Fsp3) is 0.316. The number of phenols is 2. The van der Waals surface area contributed by atoms with E-state index < -0.39 is 5.41 Å². The number of primary amides is 1. The van der Waals surface area contributed by atoms with Crippen molar-refractivity contribution in [2.24, 2.45) is 5.73 Å². The quantitative estimate of drug-likeness (QED) is 0.792. The van der Waals surface area contributed by atoms with Crippen LogP contribution in [0.25, 0.3) is 0 Å². The maximum Gasteiger partial charge on any atom is 0.217 e. The maximum atomic E-state index is 11.3. The van der Waals surface area contributed by atoms with Crippen LogP contribution in [0.15, 0.2) is 36.4 Å². The van der Waals surface area contributed by atoms with Gasteiger partial charge in [-0.2, -0.15) is 0 Å². The van der Waals surface area contributed by atoms with Crippen molar-refractivity contribution in [1.82, 2.24) is 0 Å². The first-order valence-corrected chi connectivity index (χ1v) is 7.62. The fourth-order valence-corrected chi connectivity index (χ4v) is 2.83. The molecule has 0 spiro atoms. The number of rotatable bonds is 5. The van der Waals surface area contributed by atoms with Gasteiger partial charge >= 0.3 is 0 Å². The minimum Gasteiger partial charge on any atom is -0.508 e. The molecule has 2 aromatic rings. The van der Waals surface area contributed by atoms with Crippen molar-refractivity contribution >= 4 is 5.91 Å². The lowest BCUT2D eigenvalue weighted by Gasteiger charge is -2.31. The van der Waals surface area contributed by atoms with E-state index in [9.17, 15) is 15.0 Å². The van der Waals surface area contributed by atoms with E-state index in [0.717, 1.165) is 22.3 Å². The molecule has 4 heteroatoms. The molecule has 4 N–H and O–H groups in total. The summed E-state index contributed by atoms with van der Waals surface area (Å²) in [4.78, 5) is 11.3. The van der Waals surface area contributed by atoms with Crippen LogP contribution < -0.4 is 5.73 Å². The fourth-order valence-electron chi connectivity index (χ4n) is 2.83. The second-order valence-corrected chi connectivity index (χ2v) is 6.30. The molecular weight excluding hydrogens is 290 g/mol. The number of benzene rings is 2. The maximum absolute atomic E-state index is 11.3. The molecule has 2 aromatic carbocycles. The molecule has 0 unspecified atom stereocenters. The molecule has 23 heavy (non-hydrogen) atoms. The van der Waals surface area contributed by atoms with E-state index in [1.807, 2.05) is 45.0 Å². The van der Waals surface area contributed by atoms with Gasteiger partial charge in [0.15, 0.2) is 0 Å². The van der Waals surface area contributed by atoms with Crippen molar-refractivity contribution < 1.29 is 15.0 Å². The van der Waals surface area contributed by atoms with Gasteiger partial charge in [-0.05, 0) is 54.7 Å². The number of carbonyl (C=O) groups excluding carboxylic acids is 1. The monoisotopic (exact) mass is 313 g/mol. The first-order chi connectivity index (χ1) is 10.7. The van der Waals surface area contributed by atoms with Crippen LogP contribution in [0.3, 0.4) is 0 Å². The lowest BCUT2D eigenvalue weighted by atomic mass is 9.72. The lowest BCUT2D eigenvalue weighted by molar-refractivity contribution is -0.118. The Hall–Kier alpha value is -2.49. The average Bonchev–Trinajstić information content (AvgIpc) is 2.50. The van der Waals surface area contributed by atoms with Gasteiger partial charge in [0.2, 0.25) is 5.91 Å². The number of nitrogens with two attached hydrogens (primary N) is 1. The SMILES string of the molecule is Cc1cc(C(C)(CCC(N)=O)c2ccc(O)c(C)c2)ccc1O. The molecule has 0 saturated carbocycles. The number of aromatic hydroxyl groups is 2. The van der Waals surface area contributed by atoms with Crippen LogP contribution in [0.1, 0.15) is 42.0 Å². The highest BCUT2D eigenvalue weighted by Crippen LogP contribution is 2.39. The smallest absolute Gasteiger partial charge is 0.217 e. The zero-order chi connectivity index (χ0) is 17.2. The van der Waals surface area contributed by atoms with Gasteiger partial charge in [-0.3, -0.25) is 4.79 Å². The van der Waals surface area contributed by atoms with Crippen molar-refractivity contribution in [3.05, 3.63) is 58.7 Å². The Morgan fingerprint density at radius 2 is 1.43 bits per heavy atom. The molecule has 2 rings (SSSR count). The third-order valence-corrected chi connectivity index (χ3v) is 4.54. The molecule has 0 fully saturated rings. The first-order valence-electron chi connectivity index (χ1n) is 7.62. The predicted octanol–water partition coefficient (Wildman–Crippen LogP) is 3.29. The molecule has 0 radical (unpaired) electrons. The van der Waals surface area contributed by atoms with Crippen molar-refractivity contribution in [3.63, 3.8) is 0 Å². The highest BCUT2D eigenvalue weighted by atomic mass is 16.3. The Morgan fingerprint density at radius 3 is 1.78 bits per heavy atom. The summed E-state index contributed by atoms with van der Waals surface area (Å²) in [5.41, 5.74) is 8.47. The molecule has 4 nitrogen and oxygen atoms in total. The third kappa shape index (κ3) is 3.47. The van der Waals surface area contributed by atoms with Gasteiger partial charge in [-0.1, -0.05) is 31.2 Å². The van der Waals surface area contributed by atoms with Crippen LogP contribution in [0.5, 0.6) is 11.5 Å². The molecular formula is C19H23NO3. The number of aryl methyl sites for hydroxylation is 2. The summed E-state index contributed by atoms with van der Waals surface area (Å²) in [7, 11) is 0.